The minimum atomic E-state index is 0.379. The number of hydrogen-bond acceptors (Lipinski definition) is 3. The molecular formula is C15H31NO2. The summed E-state index contributed by atoms with van der Waals surface area (Å²) in [4.78, 5) is 0. The van der Waals surface area contributed by atoms with Gasteiger partial charge in [-0.3, -0.25) is 0 Å². The van der Waals surface area contributed by atoms with Gasteiger partial charge in [0.15, 0.2) is 0 Å². The molecule has 1 saturated heterocycles. The third-order valence-electron chi connectivity index (χ3n) is 3.92. The lowest BCUT2D eigenvalue weighted by molar-refractivity contribution is 0.0980. The molecule has 1 heterocycles. The zero-order valence-electron chi connectivity index (χ0n) is 12.4. The van der Waals surface area contributed by atoms with Crippen LogP contribution in [0.2, 0.25) is 0 Å². The van der Waals surface area contributed by atoms with Gasteiger partial charge in [0.1, 0.15) is 0 Å². The quantitative estimate of drug-likeness (QED) is 0.652. The maximum absolute atomic E-state index is 5.67. The molecular weight excluding hydrogens is 226 g/mol. The lowest BCUT2D eigenvalue weighted by Crippen LogP contribution is -2.30. The van der Waals surface area contributed by atoms with E-state index in [9.17, 15) is 0 Å². The number of rotatable bonds is 10. The van der Waals surface area contributed by atoms with E-state index in [4.69, 9.17) is 9.47 Å². The summed E-state index contributed by atoms with van der Waals surface area (Å²) in [5.74, 6) is 0. The van der Waals surface area contributed by atoms with Crippen molar-refractivity contribution in [2.24, 2.45) is 0 Å². The van der Waals surface area contributed by atoms with E-state index in [0.717, 1.165) is 19.6 Å². The van der Waals surface area contributed by atoms with E-state index < -0.39 is 0 Å². The molecule has 1 rings (SSSR count). The Balaban J connectivity index is 2.11. The maximum Gasteiger partial charge on any atom is 0.0576 e. The Morgan fingerprint density at radius 1 is 1.33 bits per heavy atom. The minimum absolute atomic E-state index is 0.379. The Morgan fingerprint density at radius 3 is 2.78 bits per heavy atom. The second kappa shape index (κ2) is 9.76. The van der Waals surface area contributed by atoms with Crippen LogP contribution < -0.4 is 5.32 Å². The van der Waals surface area contributed by atoms with Crippen molar-refractivity contribution in [1.29, 1.82) is 0 Å². The van der Waals surface area contributed by atoms with Crippen molar-refractivity contribution >= 4 is 0 Å². The summed E-state index contributed by atoms with van der Waals surface area (Å²) in [7, 11) is 1.80. The molecule has 1 aliphatic heterocycles. The predicted molar refractivity (Wildman–Crippen MR) is 76.0 cm³/mol. The fraction of sp³-hybridized carbons (Fsp3) is 1.00. The molecule has 3 heteroatoms. The van der Waals surface area contributed by atoms with E-state index in [2.05, 4.69) is 19.2 Å². The monoisotopic (exact) mass is 257 g/mol. The first-order valence-corrected chi connectivity index (χ1v) is 7.64. The van der Waals surface area contributed by atoms with Gasteiger partial charge in [0.2, 0.25) is 0 Å². The molecule has 3 atom stereocenters. The Morgan fingerprint density at radius 2 is 2.17 bits per heavy atom. The van der Waals surface area contributed by atoms with Crippen LogP contribution in [0.25, 0.3) is 0 Å². The lowest BCUT2D eigenvalue weighted by atomic mass is 10.0. The van der Waals surface area contributed by atoms with E-state index in [0.29, 0.717) is 18.2 Å². The molecule has 3 unspecified atom stereocenters. The van der Waals surface area contributed by atoms with Crippen LogP contribution in [0.15, 0.2) is 0 Å². The third kappa shape index (κ3) is 6.72. The predicted octanol–water partition coefficient (Wildman–Crippen LogP) is 3.13. The summed E-state index contributed by atoms with van der Waals surface area (Å²) >= 11 is 0. The first kappa shape index (κ1) is 15.9. The molecule has 0 aromatic carbocycles. The first-order chi connectivity index (χ1) is 8.76. The van der Waals surface area contributed by atoms with Gasteiger partial charge >= 0.3 is 0 Å². The van der Waals surface area contributed by atoms with Crippen LogP contribution in [0.4, 0.5) is 0 Å². The van der Waals surface area contributed by atoms with E-state index in [1.54, 1.807) is 7.11 Å². The van der Waals surface area contributed by atoms with E-state index >= 15 is 0 Å². The van der Waals surface area contributed by atoms with Gasteiger partial charge in [-0.15, -0.1) is 0 Å². The summed E-state index contributed by atoms with van der Waals surface area (Å²) < 4.78 is 11.0. The van der Waals surface area contributed by atoms with Crippen LogP contribution in [0.1, 0.15) is 58.8 Å². The topological polar surface area (TPSA) is 30.5 Å². The van der Waals surface area contributed by atoms with Crippen LogP contribution >= 0.6 is 0 Å². The van der Waals surface area contributed by atoms with Crippen LogP contribution in [-0.2, 0) is 9.47 Å². The fourth-order valence-electron chi connectivity index (χ4n) is 2.65. The first-order valence-electron chi connectivity index (χ1n) is 7.64. The summed E-state index contributed by atoms with van der Waals surface area (Å²) in [5.41, 5.74) is 0. The summed E-state index contributed by atoms with van der Waals surface area (Å²) in [6, 6.07) is 0.647. The minimum Gasteiger partial charge on any atom is -0.382 e. The second-order valence-corrected chi connectivity index (χ2v) is 5.44. The van der Waals surface area contributed by atoms with Gasteiger partial charge in [-0.2, -0.15) is 0 Å². The molecule has 1 aliphatic rings. The number of ether oxygens (including phenoxy) is 2. The molecule has 0 bridgehead atoms. The molecule has 0 saturated carbocycles. The number of methoxy groups -OCH3 is 1. The van der Waals surface area contributed by atoms with Crippen molar-refractivity contribution < 1.29 is 9.47 Å². The standard InChI is InChI=1S/C15H31NO2/c1-4-16-14(11-10-13(2)17-3)7-5-8-15-9-6-12-18-15/h13-16H,4-12H2,1-3H3. The van der Waals surface area contributed by atoms with Crippen molar-refractivity contribution in [3.63, 3.8) is 0 Å². The van der Waals surface area contributed by atoms with E-state index in [-0.39, 0.29) is 0 Å². The summed E-state index contributed by atoms with van der Waals surface area (Å²) in [6.07, 6.45) is 9.60. The van der Waals surface area contributed by atoms with Crippen molar-refractivity contribution in [2.75, 3.05) is 20.3 Å². The smallest absolute Gasteiger partial charge is 0.0576 e. The highest BCUT2D eigenvalue weighted by Crippen LogP contribution is 2.19. The molecule has 18 heavy (non-hydrogen) atoms. The molecule has 1 N–H and O–H groups in total. The Hall–Kier alpha value is -0.120. The van der Waals surface area contributed by atoms with Gasteiger partial charge in [-0.05, 0) is 58.4 Å². The van der Waals surface area contributed by atoms with Crippen molar-refractivity contribution in [3.05, 3.63) is 0 Å². The molecule has 108 valence electrons. The van der Waals surface area contributed by atoms with Gasteiger partial charge in [0, 0.05) is 19.8 Å². The second-order valence-electron chi connectivity index (χ2n) is 5.44. The normalized spacial score (nSPS) is 23.2. The zero-order valence-corrected chi connectivity index (χ0v) is 12.4. The molecule has 0 aliphatic carbocycles. The Bertz CT molecular complexity index is 193. The lowest BCUT2D eigenvalue weighted by Gasteiger charge is -2.20. The van der Waals surface area contributed by atoms with Gasteiger partial charge in [0.05, 0.1) is 12.2 Å². The molecule has 1 fully saturated rings. The summed E-state index contributed by atoms with van der Waals surface area (Å²) in [5, 5.41) is 3.59. The average molecular weight is 257 g/mol. The Kier molecular flexibility index (Phi) is 8.64. The number of nitrogens with one attached hydrogen (secondary N) is 1. The summed E-state index contributed by atoms with van der Waals surface area (Å²) in [6.45, 7) is 6.38. The molecule has 0 radical (unpaired) electrons. The van der Waals surface area contributed by atoms with E-state index in [1.807, 2.05) is 0 Å². The molecule has 0 aromatic rings. The van der Waals surface area contributed by atoms with Crippen LogP contribution in [0.3, 0.4) is 0 Å². The van der Waals surface area contributed by atoms with Crippen molar-refractivity contribution in [3.8, 4) is 0 Å². The molecule has 3 nitrogen and oxygen atoms in total. The molecule has 0 spiro atoms. The van der Waals surface area contributed by atoms with Gasteiger partial charge in [0.25, 0.3) is 0 Å². The van der Waals surface area contributed by atoms with Crippen LogP contribution in [0, 0.1) is 0 Å². The third-order valence-corrected chi connectivity index (χ3v) is 3.92. The van der Waals surface area contributed by atoms with Gasteiger partial charge < -0.3 is 14.8 Å². The molecule has 0 aromatic heterocycles. The highest BCUT2D eigenvalue weighted by atomic mass is 16.5. The average Bonchev–Trinajstić information content (AvgIpc) is 2.88. The van der Waals surface area contributed by atoms with E-state index in [1.165, 1.54) is 38.5 Å². The zero-order chi connectivity index (χ0) is 13.2. The highest BCUT2D eigenvalue weighted by molar-refractivity contribution is 4.71. The van der Waals surface area contributed by atoms with Crippen molar-refractivity contribution in [1.82, 2.24) is 5.32 Å². The highest BCUT2D eigenvalue weighted by Gasteiger charge is 2.16. The van der Waals surface area contributed by atoms with Gasteiger partial charge in [-0.1, -0.05) is 6.92 Å². The maximum atomic E-state index is 5.67. The fourth-order valence-corrected chi connectivity index (χ4v) is 2.65. The SMILES string of the molecule is CCNC(CCCC1CCCO1)CCC(C)OC. The van der Waals surface area contributed by atoms with Crippen molar-refractivity contribution in [2.45, 2.75) is 77.0 Å². The van der Waals surface area contributed by atoms with Crippen LogP contribution in [0.5, 0.6) is 0 Å². The number of hydrogen-bond donors (Lipinski definition) is 1. The largest absolute Gasteiger partial charge is 0.382 e. The van der Waals surface area contributed by atoms with Gasteiger partial charge in [-0.25, -0.2) is 0 Å². The Labute approximate surface area is 113 Å². The molecule has 0 amide bonds. The van der Waals surface area contributed by atoms with Crippen LogP contribution in [-0.4, -0.2) is 38.5 Å².